The fourth-order valence-electron chi connectivity index (χ4n) is 6.23. The lowest BCUT2D eigenvalue weighted by Gasteiger charge is -2.36. The molecule has 11 nitrogen and oxygen atoms in total. The average molecular weight is 760 g/mol. The number of nitrogens with zero attached hydrogens (tertiary/aromatic N) is 1. The van der Waals surface area contributed by atoms with Crippen LogP contribution in [-0.4, -0.2) is 64.9 Å². The number of fused-ring (bicyclic) bond motifs is 1. The minimum absolute atomic E-state index is 0.00123. The fourth-order valence-corrected chi connectivity index (χ4v) is 10.4. The van der Waals surface area contributed by atoms with Crippen molar-refractivity contribution in [3.63, 3.8) is 0 Å². The van der Waals surface area contributed by atoms with Gasteiger partial charge in [0.2, 0.25) is 5.91 Å². The Balaban J connectivity index is 1.62. The van der Waals surface area contributed by atoms with Gasteiger partial charge in [-0.2, -0.15) is 0 Å². The highest BCUT2D eigenvalue weighted by Crippen LogP contribution is 2.48. The predicted octanol–water partition coefficient (Wildman–Crippen LogP) is 7.50. The Bertz CT molecular complexity index is 1770. The molecular weight excluding hydrogens is 710 g/mol. The van der Waals surface area contributed by atoms with E-state index in [1.807, 2.05) is 42.7 Å². The molecule has 51 heavy (non-hydrogen) atoms. The van der Waals surface area contributed by atoms with Crippen LogP contribution in [0, 0.1) is 5.41 Å². The highest BCUT2D eigenvalue weighted by molar-refractivity contribution is 7.98. The second-order valence-electron chi connectivity index (χ2n) is 12.5. The molecule has 1 unspecified atom stereocenters. The van der Waals surface area contributed by atoms with Crippen LogP contribution in [0.15, 0.2) is 82.6 Å². The Kier molecular flexibility index (Phi) is 14.6. The van der Waals surface area contributed by atoms with Gasteiger partial charge in [0.05, 0.1) is 34.4 Å². The van der Waals surface area contributed by atoms with Gasteiger partial charge in [0.25, 0.3) is 5.91 Å². The van der Waals surface area contributed by atoms with Gasteiger partial charge in [-0.15, -0.1) is 11.8 Å². The normalized spacial score (nSPS) is 17.5. The van der Waals surface area contributed by atoms with Crippen molar-refractivity contribution in [3.8, 4) is 5.75 Å². The van der Waals surface area contributed by atoms with E-state index in [4.69, 9.17) is 13.8 Å². The largest absolute Gasteiger partial charge is 0.483 e. The van der Waals surface area contributed by atoms with Crippen LogP contribution >= 0.6 is 19.4 Å². The van der Waals surface area contributed by atoms with Crippen molar-refractivity contribution >= 4 is 52.4 Å². The standard InChI is InChI=1S/C37H50N3O8PS2/c1-6-10-21-37(7-2)25-40(29-19-15-12-16-20-29)30-22-32(50-5)31(23-33(30)51(44,45)26-37)46-24-34(41)39-35(28-17-13-11-14-18-28)36(42)38-27-49(43,47-8-3)48-9-4/h11-20,22-23,35H,6-10,21,24-27H2,1-5H3,(H,38,42)(H,39,41)/t35-,37?/m1/s1. The summed E-state index contributed by atoms with van der Waals surface area (Å²) in [7, 11) is -7.37. The summed E-state index contributed by atoms with van der Waals surface area (Å²) in [5, 5.41) is 5.31. The first-order valence-corrected chi connectivity index (χ1v) is 21.9. The minimum Gasteiger partial charge on any atom is -0.483 e. The number of benzene rings is 3. The van der Waals surface area contributed by atoms with E-state index in [1.54, 1.807) is 44.2 Å². The molecule has 1 aliphatic rings. The quantitative estimate of drug-likeness (QED) is 0.0990. The van der Waals surface area contributed by atoms with E-state index in [-0.39, 0.29) is 35.9 Å². The summed E-state index contributed by atoms with van der Waals surface area (Å²) in [6, 6.07) is 20.7. The number of thioether (sulfide) groups is 1. The van der Waals surface area contributed by atoms with E-state index in [1.165, 1.54) is 17.8 Å². The number of anilines is 2. The second-order valence-corrected chi connectivity index (χ2v) is 17.3. The van der Waals surface area contributed by atoms with E-state index < -0.39 is 47.3 Å². The summed E-state index contributed by atoms with van der Waals surface area (Å²) in [6.07, 6.45) is 4.85. The third-order valence-electron chi connectivity index (χ3n) is 8.90. The first kappa shape index (κ1) is 40.4. The Morgan fingerprint density at radius 2 is 1.63 bits per heavy atom. The number of sulfone groups is 1. The van der Waals surface area contributed by atoms with Gasteiger partial charge in [0.15, 0.2) is 16.4 Å². The van der Waals surface area contributed by atoms with Crippen LogP contribution in [0.2, 0.25) is 0 Å². The van der Waals surface area contributed by atoms with Crippen LogP contribution in [0.25, 0.3) is 0 Å². The summed E-state index contributed by atoms with van der Waals surface area (Å²) < 4.78 is 58.1. The van der Waals surface area contributed by atoms with E-state index in [9.17, 15) is 22.6 Å². The zero-order chi connectivity index (χ0) is 37.1. The molecular formula is C37H50N3O8PS2. The van der Waals surface area contributed by atoms with Gasteiger partial charge in [0, 0.05) is 23.7 Å². The highest BCUT2D eigenvalue weighted by atomic mass is 32.2. The Morgan fingerprint density at radius 3 is 2.22 bits per heavy atom. The molecule has 0 bridgehead atoms. The number of para-hydroxylation sites is 1. The van der Waals surface area contributed by atoms with Crippen molar-refractivity contribution in [1.29, 1.82) is 0 Å². The molecule has 0 spiro atoms. The molecule has 0 aliphatic carbocycles. The molecule has 2 atom stereocenters. The first-order valence-electron chi connectivity index (χ1n) is 17.3. The molecule has 1 heterocycles. The van der Waals surface area contributed by atoms with Crippen LogP contribution in [0.5, 0.6) is 5.75 Å². The number of hydrogen-bond acceptors (Lipinski definition) is 10. The number of ether oxygens (including phenoxy) is 1. The smallest absolute Gasteiger partial charge is 0.349 e. The minimum atomic E-state index is -3.78. The maximum absolute atomic E-state index is 14.2. The maximum Gasteiger partial charge on any atom is 0.349 e. The summed E-state index contributed by atoms with van der Waals surface area (Å²) in [4.78, 5) is 29.7. The number of unbranched alkanes of at least 4 members (excludes halogenated alkanes) is 1. The molecule has 14 heteroatoms. The van der Waals surface area contributed by atoms with Gasteiger partial charge < -0.3 is 29.3 Å². The zero-order valence-electron chi connectivity index (χ0n) is 30.1. The Labute approximate surface area is 306 Å². The SMILES string of the molecule is CCCCC1(CC)CN(c2ccccc2)c2cc(SC)c(OCC(=O)N[C@@H](C(=O)NCP(=O)(OCC)OCC)c3ccccc3)cc2S(=O)(=O)C1. The highest BCUT2D eigenvalue weighted by Gasteiger charge is 2.42. The summed E-state index contributed by atoms with van der Waals surface area (Å²) in [5.74, 6) is -0.977. The Hall–Kier alpha value is -3.35. The number of rotatable bonds is 18. The van der Waals surface area contributed by atoms with Crippen LogP contribution < -0.4 is 20.3 Å². The topological polar surface area (TPSA) is 140 Å². The Morgan fingerprint density at radius 1 is 0.980 bits per heavy atom. The van der Waals surface area contributed by atoms with Crippen LogP contribution in [0.4, 0.5) is 11.4 Å². The van der Waals surface area contributed by atoms with Gasteiger partial charge in [-0.25, -0.2) is 8.42 Å². The third-order valence-corrected chi connectivity index (χ3v) is 13.5. The van der Waals surface area contributed by atoms with E-state index in [2.05, 4.69) is 29.4 Å². The summed E-state index contributed by atoms with van der Waals surface area (Å²) >= 11 is 1.38. The van der Waals surface area contributed by atoms with Crippen LogP contribution in [-0.2, 0) is 33.0 Å². The molecule has 0 saturated carbocycles. The molecule has 3 aromatic rings. The molecule has 0 aromatic heterocycles. The monoisotopic (exact) mass is 759 g/mol. The molecule has 0 fully saturated rings. The summed E-state index contributed by atoms with van der Waals surface area (Å²) in [5.41, 5.74) is 1.51. The van der Waals surface area contributed by atoms with E-state index in [0.29, 0.717) is 29.1 Å². The zero-order valence-corrected chi connectivity index (χ0v) is 32.6. The van der Waals surface area contributed by atoms with Gasteiger partial charge in [-0.3, -0.25) is 14.2 Å². The lowest BCUT2D eigenvalue weighted by molar-refractivity contribution is -0.130. The lowest BCUT2D eigenvalue weighted by Crippen LogP contribution is -2.42. The number of nitrogens with one attached hydrogen (secondary N) is 2. The summed E-state index contributed by atoms with van der Waals surface area (Å²) in [6.45, 7) is 7.84. The molecule has 0 saturated heterocycles. The van der Waals surface area contributed by atoms with Gasteiger partial charge in [0.1, 0.15) is 18.1 Å². The number of hydrogen-bond donors (Lipinski definition) is 2. The van der Waals surface area contributed by atoms with Gasteiger partial charge in [-0.05, 0) is 56.7 Å². The fraction of sp³-hybridized carbons (Fsp3) is 0.459. The number of carbonyl (C=O) groups excluding carboxylic acids is 2. The van der Waals surface area contributed by atoms with Crippen molar-refractivity contribution in [3.05, 3.63) is 78.4 Å². The van der Waals surface area contributed by atoms with Gasteiger partial charge >= 0.3 is 7.60 Å². The number of amides is 2. The van der Waals surface area contributed by atoms with Gasteiger partial charge in [-0.1, -0.05) is 75.2 Å². The third kappa shape index (κ3) is 10.4. The number of carbonyl (C=O) groups is 2. The van der Waals surface area contributed by atoms with Crippen LogP contribution in [0.3, 0.4) is 0 Å². The second kappa shape index (κ2) is 18.4. The average Bonchev–Trinajstić information content (AvgIpc) is 3.23. The van der Waals surface area contributed by atoms with E-state index >= 15 is 0 Å². The molecule has 278 valence electrons. The molecule has 1 aliphatic heterocycles. The maximum atomic E-state index is 14.2. The predicted molar refractivity (Wildman–Crippen MR) is 203 cm³/mol. The molecule has 2 amide bonds. The molecule has 0 radical (unpaired) electrons. The van der Waals surface area contributed by atoms with Crippen molar-refractivity contribution in [2.24, 2.45) is 5.41 Å². The van der Waals surface area contributed by atoms with Crippen molar-refractivity contribution in [1.82, 2.24) is 10.6 Å². The molecule has 4 rings (SSSR count). The molecule has 3 aromatic carbocycles. The first-order chi connectivity index (χ1) is 24.4. The van der Waals surface area contributed by atoms with Crippen molar-refractivity contribution in [2.45, 2.75) is 69.2 Å². The van der Waals surface area contributed by atoms with Crippen molar-refractivity contribution in [2.75, 3.05) is 49.6 Å². The van der Waals surface area contributed by atoms with Crippen LogP contribution in [0.1, 0.15) is 65.0 Å². The van der Waals surface area contributed by atoms with Crippen molar-refractivity contribution < 1.29 is 36.4 Å². The van der Waals surface area contributed by atoms with E-state index in [0.717, 1.165) is 24.9 Å². The lowest BCUT2D eigenvalue weighted by atomic mass is 9.81. The molecule has 2 N–H and O–H groups in total.